The van der Waals surface area contributed by atoms with Gasteiger partial charge in [-0.05, 0) is 24.7 Å². The molecule has 0 heterocycles. The maximum atomic E-state index is 5.45. The number of ether oxygens (including phenoxy) is 2. The van der Waals surface area contributed by atoms with Crippen LogP contribution in [0.15, 0.2) is 0 Å². The molecule has 108 valence electrons. The first-order valence-electron chi connectivity index (χ1n) is 7.30. The predicted octanol–water partition coefficient (Wildman–Crippen LogP) is 4.04. The van der Waals surface area contributed by atoms with Gasteiger partial charge in [0.1, 0.15) is 0 Å². The molecule has 1 aliphatic rings. The zero-order valence-corrected chi connectivity index (χ0v) is 14.2. The summed E-state index contributed by atoms with van der Waals surface area (Å²) < 4.78 is 10.9. The maximum Gasteiger partial charge on any atom is 0.0540 e. The number of hydrogen-bond donors (Lipinski definition) is 0. The highest BCUT2D eigenvalue weighted by molar-refractivity contribution is 6.76. The Morgan fingerprint density at radius 1 is 1.06 bits per heavy atom. The third-order valence-electron chi connectivity index (χ3n) is 4.42. The minimum absolute atomic E-state index is 0.285. The van der Waals surface area contributed by atoms with E-state index in [0.29, 0.717) is 0 Å². The standard InChI is InChI=1S/C15H32O2Si/c1-13-9-15(11-16-2,12-17-3)10-14(13)7-8-18(4,5)6/h13-14H,7-12H2,1-6H3/t13-,14-/m0/s1. The van der Waals surface area contributed by atoms with Crippen LogP contribution in [-0.4, -0.2) is 35.5 Å². The monoisotopic (exact) mass is 272 g/mol. The van der Waals surface area contributed by atoms with E-state index >= 15 is 0 Å². The van der Waals surface area contributed by atoms with Crippen molar-refractivity contribution < 1.29 is 9.47 Å². The molecule has 0 radical (unpaired) electrons. The highest BCUT2D eigenvalue weighted by atomic mass is 28.3. The van der Waals surface area contributed by atoms with E-state index in [2.05, 4.69) is 26.6 Å². The minimum Gasteiger partial charge on any atom is -0.384 e. The fourth-order valence-electron chi connectivity index (χ4n) is 3.59. The van der Waals surface area contributed by atoms with Crippen molar-refractivity contribution in [2.24, 2.45) is 17.3 Å². The first kappa shape index (κ1) is 16.2. The highest BCUT2D eigenvalue weighted by Gasteiger charge is 2.43. The van der Waals surface area contributed by atoms with E-state index < -0.39 is 8.07 Å². The normalized spacial score (nSPS) is 27.7. The molecule has 18 heavy (non-hydrogen) atoms. The SMILES string of the molecule is COCC1(COC)C[C@H](CC[Si](C)(C)C)[C@@H](C)C1. The first-order chi connectivity index (χ1) is 8.32. The Morgan fingerprint density at radius 2 is 1.61 bits per heavy atom. The quantitative estimate of drug-likeness (QED) is 0.651. The van der Waals surface area contributed by atoms with Gasteiger partial charge >= 0.3 is 0 Å². The molecule has 0 saturated heterocycles. The lowest BCUT2D eigenvalue weighted by atomic mass is 9.86. The van der Waals surface area contributed by atoms with Crippen molar-refractivity contribution in [3.63, 3.8) is 0 Å². The van der Waals surface area contributed by atoms with Crippen LogP contribution in [0.25, 0.3) is 0 Å². The van der Waals surface area contributed by atoms with E-state index in [1.165, 1.54) is 25.3 Å². The van der Waals surface area contributed by atoms with Gasteiger partial charge in [-0.25, -0.2) is 0 Å². The summed E-state index contributed by atoms with van der Waals surface area (Å²) in [6.07, 6.45) is 3.97. The second kappa shape index (κ2) is 6.53. The average molecular weight is 273 g/mol. The molecule has 2 nitrogen and oxygen atoms in total. The van der Waals surface area contributed by atoms with E-state index in [4.69, 9.17) is 9.47 Å². The number of methoxy groups -OCH3 is 2. The van der Waals surface area contributed by atoms with Gasteiger partial charge in [-0.1, -0.05) is 39.0 Å². The van der Waals surface area contributed by atoms with Crippen molar-refractivity contribution in [1.82, 2.24) is 0 Å². The van der Waals surface area contributed by atoms with Crippen LogP contribution in [0.3, 0.4) is 0 Å². The molecule has 1 saturated carbocycles. The summed E-state index contributed by atoms with van der Waals surface area (Å²) in [5.74, 6) is 1.70. The first-order valence-corrected chi connectivity index (χ1v) is 11.0. The molecule has 0 bridgehead atoms. The summed E-state index contributed by atoms with van der Waals surface area (Å²) in [5, 5.41) is 0. The van der Waals surface area contributed by atoms with Crippen molar-refractivity contribution in [1.29, 1.82) is 0 Å². The van der Waals surface area contributed by atoms with Gasteiger partial charge in [0.05, 0.1) is 13.2 Å². The Bertz CT molecular complexity index is 241. The van der Waals surface area contributed by atoms with Crippen molar-refractivity contribution in [3.8, 4) is 0 Å². The molecular formula is C15H32O2Si. The van der Waals surface area contributed by atoms with Gasteiger partial charge < -0.3 is 9.47 Å². The van der Waals surface area contributed by atoms with Gasteiger partial charge in [0.15, 0.2) is 0 Å². The third kappa shape index (κ3) is 4.67. The van der Waals surface area contributed by atoms with Crippen LogP contribution in [0.4, 0.5) is 0 Å². The van der Waals surface area contributed by atoms with Gasteiger partial charge in [-0.2, -0.15) is 0 Å². The Morgan fingerprint density at radius 3 is 2.06 bits per heavy atom. The topological polar surface area (TPSA) is 18.5 Å². The van der Waals surface area contributed by atoms with Crippen LogP contribution in [-0.2, 0) is 9.47 Å². The third-order valence-corrected chi connectivity index (χ3v) is 6.21. The molecule has 0 aliphatic heterocycles. The van der Waals surface area contributed by atoms with Gasteiger partial charge in [-0.3, -0.25) is 0 Å². The molecule has 1 fully saturated rings. The lowest BCUT2D eigenvalue weighted by Gasteiger charge is -2.28. The second-order valence-corrected chi connectivity index (χ2v) is 13.2. The lowest BCUT2D eigenvalue weighted by molar-refractivity contribution is 0.0106. The smallest absolute Gasteiger partial charge is 0.0540 e. The van der Waals surface area contributed by atoms with Gasteiger partial charge in [0.2, 0.25) is 0 Å². The number of hydrogen-bond acceptors (Lipinski definition) is 2. The molecule has 0 aromatic heterocycles. The van der Waals surface area contributed by atoms with Crippen LogP contribution in [0.5, 0.6) is 0 Å². The average Bonchev–Trinajstić information content (AvgIpc) is 2.52. The fourth-order valence-corrected chi connectivity index (χ4v) is 4.82. The van der Waals surface area contributed by atoms with Gasteiger partial charge in [-0.15, -0.1) is 0 Å². The minimum atomic E-state index is -0.900. The second-order valence-electron chi connectivity index (χ2n) is 7.61. The van der Waals surface area contributed by atoms with Gasteiger partial charge in [0, 0.05) is 27.7 Å². The summed E-state index contributed by atoms with van der Waals surface area (Å²) in [4.78, 5) is 0. The van der Waals surface area contributed by atoms with E-state index in [9.17, 15) is 0 Å². The Hall–Kier alpha value is 0.137. The number of rotatable bonds is 7. The van der Waals surface area contributed by atoms with Crippen LogP contribution < -0.4 is 0 Å². The summed E-state index contributed by atoms with van der Waals surface area (Å²) in [6.45, 7) is 11.6. The van der Waals surface area contributed by atoms with Crippen LogP contribution in [0, 0.1) is 17.3 Å². The van der Waals surface area contributed by atoms with Crippen molar-refractivity contribution >= 4 is 8.07 Å². The zero-order chi connectivity index (χ0) is 13.8. The zero-order valence-electron chi connectivity index (χ0n) is 13.2. The van der Waals surface area contributed by atoms with Gasteiger partial charge in [0.25, 0.3) is 0 Å². The molecule has 0 N–H and O–H groups in total. The van der Waals surface area contributed by atoms with Crippen molar-refractivity contribution in [3.05, 3.63) is 0 Å². The van der Waals surface area contributed by atoms with E-state index in [1.807, 2.05) is 14.2 Å². The van der Waals surface area contributed by atoms with E-state index in [-0.39, 0.29) is 5.41 Å². The molecule has 3 heteroatoms. The molecule has 0 spiro atoms. The Kier molecular flexibility index (Phi) is 5.88. The molecule has 1 aliphatic carbocycles. The molecule has 2 atom stereocenters. The highest BCUT2D eigenvalue weighted by Crippen LogP contribution is 2.48. The maximum absolute atomic E-state index is 5.45. The Labute approximate surface area is 114 Å². The molecular weight excluding hydrogens is 240 g/mol. The molecule has 0 aromatic rings. The van der Waals surface area contributed by atoms with Crippen LogP contribution in [0.2, 0.25) is 25.7 Å². The summed E-state index contributed by atoms with van der Waals surface area (Å²) >= 11 is 0. The lowest BCUT2D eigenvalue weighted by Crippen LogP contribution is -2.29. The van der Waals surface area contributed by atoms with Crippen molar-refractivity contribution in [2.45, 2.75) is 51.9 Å². The van der Waals surface area contributed by atoms with E-state index in [0.717, 1.165) is 25.0 Å². The van der Waals surface area contributed by atoms with E-state index in [1.54, 1.807) is 0 Å². The van der Waals surface area contributed by atoms with Crippen LogP contribution >= 0.6 is 0 Å². The predicted molar refractivity (Wildman–Crippen MR) is 80.8 cm³/mol. The molecule has 0 amide bonds. The fraction of sp³-hybridized carbons (Fsp3) is 1.00. The molecule has 0 unspecified atom stereocenters. The van der Waals surface area contributed by atoms with Crippen molar-refractivity contribution in [2.75, 3.05) is 27.4 Å². The van der Waals surface area contributed by atoms with Crippen LogP contribution in [0.1, 0.15) is 26.2 Å². The summed E-state index contributed by atoms with van der Waals surface area (Å²) in [5.41, 5.74) is 0.285. The molecule has 1 rings (SSSR count). The summed E-state index contributed by atoms with van der Waals surface area (Å²) in [7, 11) is 2.73. The summed E-state index contributed by atoms with van der Waals surface area (Å²) in [6, 6.07) is 1.46. The Balaban J connectivity index is 2.57. The largest absolute Gasteiger partial charge is 0.384 e. The molecule has 0 aromatic carbocycles.